The van der Waals surface area contributed by atoms with Crippen LogP contribution in [0.2, 0.25) is 0 Å². The fourth-order valence-corrected chi connectivity index (χ4v) is 2.70. The number of nitrogens with zero attached hydrogens (tertiary/aromatic N) is 2. The Labute approximate surface area is 117 Å². The van der Waals surface area contributed by atoms with Crippen LogP contribution in [0.25, 0.3) is 0 Å². The van der Waals surface area contributed by atoms with Crippen LogP contribution in [0.5, 0.6) is 0 Å². The molecule has 1 aromatic rings. The molecule has 5 nitrogen and oxygen atoms in total. The molecule has 1 unspecified atom stereocenters. The van der Waals surface area contributed by atoms with Crippen molar-refractivity contribution in [3.63, 3.8) is 0 Å². The van der Waals surface area contributed by atoms with Crippen LogP contribution in [0, 0.1) is 11.7 Å². The van der Waals surface area contributed by atoms with Crippen LogP contribution in [-0.4, -0.2) is 37.8 Å². The van der Waals surface area contributed by atoms with Crippen LogP contribution in [0.1, 0.15) is 18.4 Å². The third-order valence-corrected chi connectivity index (χ3v) is 3.60. The first-order valence-electron chi connectivity index (χ1n) is 6.67. The zero-order chi connectivity index (χ0) is 14.5. The van der Waals surface area contributed by atoms with Gasteiger partial charge in [0, 0.05) is 31.5 Å². The normalized spacial score (nSPS) is 20.2. The molecule has 1 aromatic carbocycles. The van der Waals surface area contributed by atoms with Crippen LogP contribution >= 0.6 is 0 Å². The van der Waals surface area contributed by atoms with E-state index < -0.39 is 5.82 Å². The largest absolute Gasteiger partial charge is 0.409 e. The van der Waals surface area contributed by atoms with E-state index in [-0.39, 0.29) is 5.84 Å². The zero-order valence-electron chi connectivity index (χ0n) is 11.6. The predicted octanol–water partition coefficient (Wildman–Crippen LogP) is 1.78. The van der Waals surface area contributed by atoms with Gasteiger partial charge in [0.1, 0.15) is 5.82 Å². The number of halogens is 1. The summed E-state index contributed by atoms with van der Waals surface area (Å²) in [7, 11) is 1.69. The van der Waals surface area contributed by atoms with Crippen molar-refractivity contribution < 1.29 is 14.3 Å². The minimum absolute atomic E-state index is 0.0756. The van der Waals surface area contributed by atoms with Crippen molar-refractivity contribution in [2.45, 2.75) is 12.8 Å². The maximum absolute atomic E-state index is 13.4. The average molecular weight is 281 g/mol. The van der Waals surface area contributed by atoms with Gasteiger partial charge < -0.3 is 20.6 Å². The molecule has 3 N–H and O–H groups in total. The number of methoxy groups -OCH3 is 1. The number of piperidine rings is 1. The second-order valence-electron chi connectivity index (χ2n) is 5.06. The Morgan fingerprint density at radius 3 is 3.10 bits per heavy atom. The predicted molar refractivity (Wildman–Crippen MR) is 75.7 cm³/mol. The molecule has 1 fully saturated rings. The molecule has 2 rings (SSSR count). The van der Waals surface area contributed by atoms with Gasteiger partial charge in [-0.1, -0.05) is 5.16 Å². The molecule has 1 heterocycles. The Balaban J connectivity index is 2.27. The Hall–Kier alpha value is -1.82. The lowest BCUT2D eigenvalue weighted by Crippen LogP contribution is -2.38. The summed E-state index contributed by atoms with van der Waals surface area (Å²) in [6.45, 7) is 2.40. The van der Waals surface area contributed by atoms with Gasteiger partial charge in [0.05, 0.1) is 6.61 Å². The van der Waals surface area contributed by atoms with E-state index in [2.05, 4.69) is 10.1 Å². The fraction of sp³-hybridized carbons (Fsp3) is 0.500. The number of ether oxygens (including phenoxy) is 1. The summed E-state index contributed by atoms with van der Waals surface area (Å²) in [6, 6.07) is 4.37. The molecule has 1 aliphatic heterocycles. The molecule has 1 saturated heterocycles. The number of amidine groups is 1. The van der Waals surface area contributed by atoms with E-state index in [1.54, 1.807) is 13.2 Å². The summed E-state index contributed by atoms with van der Waals surface area (Å²) < 4.78 is 18.6. The maximum Gasteiger partial charge on any atom is 0.172 e. The molecule has 0 aliphatic carbocycles. The van der Waals surface area contributed by atoms with Gasteiger partial charge in [0.15, 0.2) is 5.84 Å². The number of nitrogens with two attached hydrogens (primary N) is 1. The summed E-state index contributed by atoms with van der Waals surface area (Å²) in [4.78, 5) is 2.14. The fourth-order valence-electron chi connectivity index (χ4n) is 2.70. The lowest BCUT2D eigenvalue weighted by atomic mass is 9.97. The van der Waals surface area contributed by atoms with Gasteiger partial charge in [0.2, 0.25) is 0 Å². The van der Waals surface area contributed by atoms with E-state index in [0.717, 1.165) is 31.6 Å². The molecule has 110 valence electrons. The molecule has 1 aliphatic rings. The van der Waals surface area contributed by atoms with Gasteiger partial charge in [-0.3, -0.25) is 0 Å². The van der Waals surface area contributed by atoms with Crippen LogP contribution in [0.15, 0.2) is 23.4 Å². The first-order valence-corrected chi connectivity index (χ1v) is 6.67. The lowest BCUT2D eigenvalue weighted by molar-refractivity contribution is 0.143. The number of benzene rings is 1. The monoisotopic (exact) mass is 281 g/mol. The molecule has 0 saturated carbocycles. The van der Waals surface area contributed by atoms with E-state index in [4.69, 9.17) is 15.7 Å². The van der Waals surface area contributed by atoms with Crippen molar-refractivity contribution in [3.8, 4) is 0 Å². The molecule has 0 bridgehead atoms. The highest BCUT2D eigenvalue weighted by molar-refractivity contribution is 6.02. The summed E-state index contributed by atoms with van der Waals surface area (Å²) in [5.74, 6) is -0.0342. The van der Waals surface area contributed by atoms with Crippen molar-refractivity contribution in [1.82, 2.24) is 0 Å². The molecule has 1 atom stereocenters. The van der Waals surface area contributed by atoms with Crippen LogP contribution < -0.4 is 10.6 Å². The van der Waals surface area contributed by atoms with Gasteiger partial charge >= 0.3 is 0 Å². The molecule has 0 radical (unpaired) electrons. The molecule has 0 aromatic heterocycles. The molecular formula is C14H20FN3O2. The Morgan fingerprint density at radius 1 is 1.60 bits per heavy atom. The lowest BCUT2D eigenvalue weighted by Gasteiger charge is -2.35. The zero-order valence-corrected chi connectivity index (χ0v) is 11.6. The number of hydrogen-bond donors (Lipinski definition) is 2. The van der Waals surface area contributed by atoms with Gasteiger partial charge in [-0.15, -0.1) is 0 Å². The second-order valence-corrected chi connectivity index (χ2v) is 5.06. The van der Waals surface area contributed by atoms with Gasteiger partial charge in [-0.05, 0) is 37.0 Å². The van der Waals surface area contributed by atoms with Crippen molar-refractivity contribution in [2.75, 3.05) is 31.7 Å². The SMILES string of the molecule is COCC1CCCN(c2ccc(F)cc2/C(N)=N/O)C1. The van der Waals surface area contributed by atoms with Crippen LogP contribution in [0.3, 0.4) is 0 Å². The van der Waals surface area contributed by atoms with Gasteiger partial charge in [-0.25, -0.2) is 4.39 Å². The van der Waals surface area contributed by atoms with Gasteiger partial charge in [0.25, 0.3) is 0 Å². The molecule has 0 amide bonds. The van der Waals surface area contributed by atoms with Crippen molar-refractivity contribution in [1.29, 1.82) is 0 Å². The number of anilines is 1. The highest BCUT2D eigenvalue weighted by Gasteiger charge is 2.23. The van der Waals surface area contributed by atoms with E-state index in [0.29, 0.717) is 18.1 Å². The molecule has 20 heavy (non-hydrogen) atoms. The topological polar surface area (TPSA) is 71.1 Å². The second kappa shape index (κ2) is 6.56. The summed E-state index contributed by atoms with van der Waals surface area (Å²) in [6.07, 6.45) is 2.16. The first-order chi connectivity index (χ1) is 9.65. The molecule has 0 spiro atoms. The third-order valence-electron chi connectivity index (χ3n) is 3.60. The Kier molecular flexibility index (Phi) is 4.79. The highest BCUT2D eigenvalue weighted by Crippen LogP contribution is 2.27. The highest BCUT2D eigenvalue weighted by atomic mass is 19.1. The minimum Gasteiger partial charge on any atom is -0.409 e. The Morgan fingerprint density at radius 2 is 2.40 bits per heavy atom. The van der Waals surface area contributed by atoms with Crippen LogP contribution in [0.4, 0.5) is 10.1 Å². The maximum atomic E-state index is 13.4. The minimum atomic E-state index is -0.402. The molecule has 6 heteroatoms. The number of oxime groups is 1. The first kappa shape index (κ1) is 14.6. The van der Waals surface area contributed by atoms with Crippen LogP contribution in [-0.2, 0) is 4.74 Å². The van der Waals surface area contributed by atoms with Crippen molar-refractivity contribution >= 4 is 11.5 Å². The van der Waals surface area contributed by atoms with E-state index in [1.165, 1.54) is 12.1 Å². The van der Waals surface area contributed by atoms with E-state index in [1.807, 2.05) is 0 Å². The summed E-state index contributed by atoms with van der Waals surface area (Å²) in [5, 5.41) is 11.8. The molecular weight excluding hydrogens is 261 g/mol. The Bertz CT molecular complexity index is 491. The number of rotatable bonds is 4. The van der Waals surface area contributed by atoms with E-state index in [9.17, 15) is 4.39 Å². The van der Waals surface area contributed by atoms with Crippen molar-refractivity contribution in [3.05, 3.63) is 29.6 Å². The van der Waals surface area contributed by atoms with Gasteiger partial charge in [-0.2, -0.15) is 0 Å². The smallest absolute Gasteiger partial charge is 0.172 e. The summed E-state index contributed by atoms with van der Waals surface area (Å²) >= 11 is 0. The van der Waals surface area contributed by atoms with Crippen molar-refractivity contribution in [2.24, 2.45) is 16.8 Å². The summed E-state index contributed by atoms with van der Waals surface area (Å²) in [5.41, 5.74) is 6.86. The standard InChI is InChI=1S/C14H20FN3O2/c1-20-9-10-3-2-6-18(8-10)13-5-4-11(15)7-12(13)14(16)17-19/h4-5,7,10,19H,2-3,6,8-9H2,1H3,(H2,16,17). The average Bonchev–Trinajstić information content (AvgIpc) is 2.47. The third kappa shape index (κ3) is 3.19. The quantitative estimate of drug-likeness (QED) is 0.382. The van der Waals surface area contributed by atoms with E-state index >= 15 is 0 Å². The number of hydrogen-bond acceptors (Lipinski definition) is 4.